The molecule has 2 heterocycles. The smallest absolute Gasteiger partial charge is 0.416 e. The first-order chi connectivity index (χ1) is 14.6. The Labute approximate surface area is 178 Å². The van der Waals surface area contributed by atoms with Crippen molar-refractivity contribution < 1.29 is 26.3 Å². The minimum atomic E-state index is -4.39. The lowest BCUT2D eigenvalue weighted by Crippen LogP contribution is -2.31. The fourth-order valence-corrected chi connectivity index (χ4v) is 4.07. The van der Waals surface area contributed by atoms with E-state index in [1.54, 1.807) is 12.1 Å². The first kappa shape index (κ1) is 21.2. The Kier molecular flexibility index (Phi) is 5.38. The number of benzene rings is 2. The molecule has 5 nitrogen and oxygen atoms in total. The van der Waals surface area contributed by atoms with Gasteiger partial charge in [-0.05, 0) is 66.1 Å². The van der Waals surface area contributed by atoms with Crippen LogP contribution in [0, 0.1) is 0 Å². The van der Waals surface area contributed by atoms with Gasteiger partial charge in [-0.25, -0.2) is 13.4 Å². The molecule has 1 aliphatic heterocycles. The number of halogens is 3. The molecule has 9 heteroatoms. The van der Waals surface area contributed by atoms with E-state index >= 15 is 0 Å². The molecule has 4 rings (SSSR count). The number of aromatic nitrogens is 1. The molecule has 3 aromatic rings. The Morgan fingerprint density at radius 3 is 2.35 bits per heavy atom. The lowest BCUT2D eigenvalue weighted by molar-refractivity contribution is -0.137. The largest absolute Gasteiger partial charge is 0.457 e. The highest BCUT2D eigenvalue weighted by atomic mass is 32.2. The molecule has 1 aromatic heterocycles. The van der Waals surface area contributed by atoms with Crippen molar-refractivity contribution in [1.29, 1.82) is 0 Å². The molecule has 0 unspecified atom stereocenters. The third kappa shape index (κ3) is 4.82. The summed E-state index contributed by atoms with van der Waals surface area (Å²) < 4.78 is 67.6. The Morgan fingerprint density at radius 2 is 1.68 bits per heavy atom. The molecule has 0 saturated carbocycles. The Morgan fingerprint density at radius 1 is 0.968 bits per heavy atom. The van der Waals surface area contributed by atoms with E-state index in [1.807, 2.05) is 17.0 Å². The van der Waals surface area contributed by atoms with Crippen LogP contribution >= 0.6 is 0 Å². The van der Waals surface area contributed by atoms with Gasteiger partial charge in [-0.3, -0.25) is 0 Å². The van der Waals surface area contributed by atoms with E-state index in [2.05, 4.69) is 4.98 Å². The first-order valence-corrected chi connectivity index (χ1v) is 11.4. The molecule has 0 saturated heterocycles. The monoisotopic (exact) mass is 448 g/mol. The van der Waals surface area contributed by atoms with Crippen LogP contribution in [0.15, 0.2) is 65.7 Å². The van der Waals surface area contributed by atoms with Gasteiger partial charge in [0.2, 0.25) is 0 Å². The summed E-state index contributed by atoms with van der Waals surface area (Å²) in [7, 11) is -3.34. The fourth-order valence-electron chi connectivity index (χ4n) is 3.44. The molecule has 162 valence electrons. The topological polar surface area (TPSA) is 59.5 Å². The van der Waals surface area contributed by atoms with Gasteiger partial charge >= 0.3 is 6.18 Å². The summed E-state index contributed by atoms with van der Waals surface area (Å²) in [5, 5.41) is 0. The van der Waals surface area contributed by atoms with Crippen LogP contribution < -0.4 is 9.64 Å². The third-order valence-corrected chi connectivity index (χ3v) is 6.19. The van der Waals surface area contributed by atoms with Crippen LogP contribution in [0.1, 0.15) is 16.7 Å². The van der Waals surface area contributed by atoms with Crippen molar-refractivity contribution in [1.82, 2.24) is 4.98 Å². The van der Waals surface area contributed by atoms with E-state index in [0.717, 1.165) is 35.9 Å². The van der Waals surface area contributed by atoms with Gasteiger partial charge in [0.15, 0.2) is 9.84 Å². The van der Waals surface area contributed by atoms with Crippen LogP contribution in [-0.2, 0) is 29.0 Å². The minimum Gasteiger partial charge on any atom is -0.457 e. The highest BCUT2D eigenvalue weighted by Gasteiger charge is 2.30. The molecule has 0 bridgehead atoms. The number of hydrogen-bond donors (Lipinski definition) is 0. The Bertz CT molecular complexity index is 1210. The minimum absolute atomic E-state index is 0.211. The van der Waals surface area contributed by atoms with Crippen LogP contribution in [0.5, 0.6) is 11.5 Å². The molecule has 1 aliphatic rings. The van der Waals surface area contributed by atoms with Gasteiger partial charge in [0.1, 0.15) is 17.3 Å². The molecule has 2 aromatic carbocycles. The second-order valence-corrected chi connectivity index (χ2v) is 9.36. The highest BCUT2D eigenvalue weighted by molar-refractivity contribution is 7.90. The maximum Gasteiger partial charge on any atom is 0.416 e. The van der Waals surface area contributed by atoms with Gasteiger partial charge in [0.05, 0.1) is 10.5 Å². The average molecular weight is 448 g/mol. The molecule has 0 fully saturated rings. The zero-order valence-electron chi connectivity index (χ0n) is 16.6. The zero-order valence-corrected chi connectivity index (χ0v) is 17.4. The van der Waals surface area contributed by atoms with Crippen LogP contribution in [0.25, 0.3) is 0 Å². The van der Waals surface area contributed by atoms with Crippen molar-refractivity contribution >= 4 is 15.7 Å². The predicted octanol–water partition coefficient (Wildman–Crippen LogP) is 4.86. The first-order valence-electron chi connectivity index (χ1n) is 9.47. The van der Waals surface area contributed by atoms with Crippen molar-refractivity contribution in [2.24, 2.45) is 0 Å². The molecule has 0 atom stereocenters. The van der Waals surface area contributed by atoms with Gasteiger partial charge < -0.3 is 9.64 Å². The summed E-state index contributed by atoms with van der Waals surface area (Å²) in [6.45, 7) is 1.20. The summed E-state index contributed by atoms with van der Waals surface area (Å²) in [5.41, 5.74) is 1.39. The van der Waals surface area contributed by atoms with Gasteiger partial charge in [-0.15, -0.1) is 0 Å². The standard InChI is InChI=1S/C22H19F3N2O3S/c1-31(28,29)20-8-10-26-21(13-20)27-11-9-15-2-5-19(12-16(15)14-27)30-18-6-3-17(4-7-18)22(23,24)25/h2-8,10,12-13H,9,11,14H2,1H3. The fraction of sp³-hybridized carbons (Fsp3) is 0.227. The van der Waals surface area contributed by atoms with Crippen LogP contribution in [0.3, 0.4) is 0 Å². The van der Waals surface area contributed by atoms with Crippen LogP contribution in [-0.4, -0.2) is 26.2 Å². The molecule has 0 amide bonds. The summed E-state index contributed by atoms with van der Waals surface area (Å²) >= 11 is 0. The SMILES string of the molecule is CS(=O)(=O)c1ccnc(N2CCc3ccc(Oc4ccc(C(F)(F)F)cc4)cc3C2)c1. The number of nitrogens with zero attached hydrogens (tertiary/aromatic N) is 2. The number of hydrogen-bond acceptors (Lipinski definition) is 5. The summed E-state index contributed by atoms with van der Waals surface area (Å²) in [6, 6.07) is 13.1. The number of ether oxygens (including phenoxy) is 1. The third-order valence-electron chi connectivity index (χ3n) is 5.08. The molecule has 0 radical (unpaired) electrons. The number of sulfone groups is 1. The normalized spacial score (nSPS) is 14.3. The van der Waals surface area contributed by atoms with E-state index in [9.17, 15) is 21.6 Å². The number of pyridine rings is 1. The van der Waals surface area contributed by atoms with Crippen LogP contribution in [0.2, 0.25) is 0 Å². The van der Waals surface area contributed by atoms with Crippen molar-refractivity contribution in [2.75, 3.05) is 17.7 Å². The van der Waals surface area contributed by atoms with E-state index in [-0.39, 0.29) is 4.90 Å². The quantitative estimate of drug-likeness (QED) is 0.571. The van der Waals surface area contributed by atoms with Crippen molar-refractivity contribution in [3.05, 3.63) is 77.5 Å². The number of rotatable bonds is 4. The Balaban J connectivity index is 1.53. The van der Waals surface area contributed by atoms with E-state index in [4.69, 9.17) is 4.74 Å². The Hall–Kier alpha value is -3.07. The summed E-state index contributed by atoms with van der Waals surface area (Å²) in [6.07, 6.45) is -1.01. The predicted molar refractivity (Wildman–Crippen MR) is 110 cm³/mol. The molecule has 0 N–H and O–H groups in total. The second-order valence-electron chi connectivity index (χ2n) is 7.35. The number of fused-ring (bicyclic) bond motifs is 1. The highest BCUT2D eigenvalue weighted by Crippen LogP contribution is 2.33. The van der Waals surface area contributed by atoms with Gasteiger partial charge in [0, 0.05) is 25.5 Å². The van der Waals surface area contributed by atoms with E-state index in [1.165, 1.54) is 24.4 Å². The molecular formula is C22H19F3N2O3S. The van der Waals surface area contributed by atoms with Crippen LogP contribution in [0.4, 0.5) is 19.0 Å². The molecule has 0 aliphatic carbocycles. The van der Waals surface area contributed by atoms with Crippen molar-refractivity contribution in [2.45, 2.75) is 24.0 Å². The summed E-state index contributed by atoms with van der Waals surface area (Å²) in [5.74, 6) is 1.39. The lowest BCUT2D eigenvalue weighted by atomic mass is 9.99. The lowest BCUT2D eigenvalue weighted by Gasteiger charge is -2.30. The maximum absolute atomic E-state index is 12.7. The van der Waals surface area contributed by atoms with E-state index < -0.39 is 21.6 Å². The van der Waals surface area contributed by atoms with Crippen molar-refractivity contribution in [3.8, 4) is 11.5 Å². The second kappa shape index (κ2) is 7.88. The molecule has 31 heavy (non-hydrogen) atoms. The summed E-state index contributed by atoms with van der Waals surface area (Å²) in [4.78, 5) is 6.50. The molecular weight excluding hydrogens is 429 g/mol. The van der Waals surface area contributed by atoms with Gasteiger partial charge in [-0.1, -0.05) is 6.07 Å². The molecule has 0 spiro atoms. The van der Waals surface area contributed by atoms with Gasteiger partial charge in [0.25, 0.3) is 0 Å². The number of anilines is 1. The van der Waals surface area contributed by atoms with Crippen molar-refractivity contribution in [3.63, 3.8) is 0 Å². The zero-order chi connectivity index (χ0) is 22.2. The maximum atomic E-state index is 12.7. The van der Waals surface area contributed by atoms with Gasteiger partial charge in [-0.2, -0.15) is 13.2 Å². The average Bonchev–Trinajstić information content (AvgIpc) is 2.72. The number of alkyl halides is 3. The van der Waals surface area contributed by atoms with E-state index in [0.29, 0.717) is 30.4 Å².